The van der Waals surface area contributed by atoms with Gasteiger partial charge < -0.3 is 4.74 Å². The zero-order valence-corrected chi connectivity index (χ0v) is 16.8. The van der Waals surface area contributed by atoms with E-state index in [1.165, 1.54) is 23.5 Å². The van der Waals surface area contributed by atoms with E-state index in [1.807, 2.05) is 31.2 Å². The van der Waals surface area contributed by atoms with Crippen molar-refractivity contribution >= 4 is 21.4 Å². The first-order valence-corrected chi connectivity index (χ1v) is 10.2. The summed E-state index contributed by atoms with van der Waals surface area (Å²) in [6.07, 6.45) is 0. The largest absolute Gasteiger partial charge is 0.497 e. The van der Waals surface area contributed by atoms with Crippen LogP contribution in [0.5, 0.6) is 5.75 Å². The second-order valence-corrected chi connectivity index (χ2v) is 8.26. The van der Waals surface area contributed by atoms with Gasteiger partial charge in [0.25, 0.3) is 15.7 Å². The van der Waals surface area contributed by atoms with Crippen LogP contribution in [0.4, 0.5) is 11.4 Å². The molecular formula is C21H20N2O5S. The molecule has 0 aromatic heterocycles. The third-order valence-electron chi connectivity index (χ3n) is 4.39. The zero-order valence-electron chi connectivity index (χ0n) is 16.0. The lowest BCUT2D eigenvalue weighted by Gasteiger charge is -2.25. The lowest BCUT2D eigenvalue weighted by atomic mass is 10.2. The van der Waals surface area contributed by atoms with Gasteiger partial charge in [-0.1, -0.05) is 42.5 Å². The number of hydrogen-bond acceptors (Lipinski definition) is 5. The van der Waals surface area contributed by atoms with Crippen LogP contribution >= 0.6 is 0 Å². The highest BCUT2D eigenvalue weighted by molar-refractivity contribution is 7.93. The van der Waals surface area contributed by atoms with Gasteiger partial charge in [0.05, 0.1) is 30.3 Å². The van der Waals surface area contributed by atoms with Crippen LogP contribution in [0, 0.1) is 17.0 Å². The highest BCUT2D eigenvalue weighted by atomic mass is 32.2. The number of aryl methyl sites for hydroxylation is 1. The first-order valence-electron chi connectivity index (χ1n) is 8.78. The summed E-state index contributed by atoms with van der Waals surface area (Å²) in [6.45, 7) is 1.89. The normalized spacial score (nSPS) is 11.1. The van der Waals surface area contributed by atoms with Crippen molar-refractivity contribution in [2.24, 2.45) is 0 Å². The number of sulfonamides is 1. The molecule has 0 aliphatic heterocycles. The minimum absolute atomic E-state index is 0.0375. The van der Waals surface area contributed by atoms with Gasteiger partial charge >= 0.3 is 0 Å². The molecule has 3 rings (SSSR count). The quantitative estimate of drug-likeness (QED) is 0.426. The lowest BCUT2D eigenvalue weighted by Crippen LogP contribution is -2.31. The van der Waals surface area contributed by atoms with E-state index in [2.05, 4.69) is 0 Å². The SMILES string of the molecule is COc1ccc(S(=O)(=O)N(Cc2ccccc2)c2cccc(C)c2)c([N+](=O)[O-])c1. The fourth-order valence-corrected chi connectivity index (χ4v) is 4.54. The summed E-state index contributed by atoms with van der Waals surface area (Å²) in [7, 11) is -2.87. The second kappa shape index (κ2) is 8.32. The predicted octanol–water partition coefficient (Wildman–Crippen LogP) is 4.31. The summed E-state index contributed by atoms with van der Waals surface area (Å²) < 4.78 is 33.3. The van der Waals surface area contributed by atoms with Gasteiger partial charge in [0.1, 0.15) is 5.75 Å². The van der Waals surface area contributed by atoms with Crippen molar-refractivity contribution in [2.75, 3.05) is 11.4 Å². The van der Waals surface area contributed by atoms with Crippen LogP contribution in [0.15, 0.2) is 77.7 Å². The molecule has 0 aliphatic carbocycles. The fourth-order valence-electron chi connectivity index (χ4n) is 2.95. The van der Waals surface area contributed by atoms with Crippen molar-refractivity contribution in [3.63, 3.8) is 0 Å². The summed E-state index contributed by atoms with van der Waals surface area (Å²) in [5.41, 5.74) is 1.53. The van der Waals surface area contributed by atoms with E-state index < -0.39 is 20.6 Å². The number of hydrogen-bond donors (Lipinski definition) is 0. The highest BCUT2D eigenvalue weighted by Crippen LogP contribution is 2.33. The Labute approximate surface area is 169 Å². The van der Waals surface area contributed by atoms with Gasteiger partial charge in [-0.25, -0.2) is 8.42 Å². The van der Waals surface area contributed by atoms with Crippen LogP contribution in [-0.2, 0) is 16.6 Å². The van der Waals surface area contributed by atoms with E-state index in [0.29, 0.717) is 5.69 Å². The van der Waals surface area contributed by atoms with Crippen molar-refractivity contribution in [1.82, 2.24) is 0 Å². The molecule has 0 unspecified atom stereocenters. The summed E-state index contributed by atoms with van der Waals surface area (Å²) >= 11 is 0. The van der Waals surface area contributed by atoms with Gasteiger partial charge in [-0.15, -0.1) is 0 Å². The molecule has 0 atom stereocenters. The van der Waals surface area contributed by atoms with Crippen molar-refractivity contribution in [3.8, 4) is 5.75 Å². The smallest absolute Gasteiger partial charge is 0.293 e. The standard InChI is InChI=1S/C21H20N2O5S/c1-16-7-6-10-18(13-16)22(15-17-8-4-3-5-9-17)29(26,27)21-12-11-19(28-2)14-20(21)23(24)25/h3-14H,15H2,1-2H3. The average molecular weight is 412 g/mol. The molecule has 0 heterocycles. The number of rotatable bonds is 7. The third kappa shape index (κ3) is 4.38. The van der Waals surface area contributed by atoms with E-state index in [9.17, 15) is 18.5 Å². The van der Waals surface area contributed by atoms with Crippen LogP contribution in [0.25, 0.3) is 0 Å². The maximum absolute atomic E-state index is 13.6. The first-order chi connectivity index (χ1) is 13.8. The van der Waals surface area contributed by atoms with Gasteiger partial charge in [0.2, 0.25) is 0 Å². The summed E-state index contributed by atoms with van der Waals surface area (Å²) in [6, 6.07) is 19.8. The van der Waals surface area contributed by atoms with E-state index in [0.717, 1.165) is 17.2 Å². The monoisotopic (exact) mass is 412 g/mol. The Hall–Kier alpha value is -3.39. The average Bonchev–Trinajstić information content (AvgIpc) is 2.72. The highest BCUT2D eigenvalue weighted by Gasteiger charge is 2.32. The number of methoxy groups -OCH3 is 1. The minimum atomic E-state index is -4.23. The second-order valence-electron chi connectivity index (χ2n) is 6.43. The molecule has 150 valence electrons. The Morgan fingerprint density at radius 1 is 1.00 bits per heavy atom. The summed E-state index contributed by atoms with van der Waals surface area (Å²) in [5.74, 6) is 0.209. The van der Waals surface area contributed by atoms with Gasteiger partial charge in [-0.05, 0) is 42.3 Å². The van der Waals surface area contributed by atoms with Crippen LogP contribution in [-0.4, -0.2) is 20.5 Å². The fraction of sp³-hybridized carbons (Fsp3) is 0.143. The summed E-state index contributed by atoms with van der Waals surface area (Å²) in [5, 5.41) is 11.6. The van der Waals surface area contributed by atoms with Crippen molar-refractivity contribution in [1.29, 1.82) is 0 Å². The van der Waals surface area contributed by atoms with E-state index in [1.54, 1.807) is 30.3 Å². The van der Waals surface area contributed by atoms with Crippen LogP contribution in [0.2, 0.25) is 0 Å². The predicted molar refractivity (Wildman–Crippen MR) is 111 cm³/mol. The molecule has 0 radical (unpaired) electrons. The van der Waals surface area contributed by atoms with Gasteiger partial charge in [-0.2, -0.15) is 0 Å². The van der Waals surface area contributed by atoms with Gasteiger partial charge in [-0.3, -0.25) is 14.4 Å². The van der Waals surface area contributed by atoms with Crippen LogP contribution < -0.4 is 9.04 Å². The molecular weight excluding hydrogens is 392 g/mol. The van der Waals surface area contributed by atoms with E-state index >= 15 is 0 Å². The van der Waals surface area contributed by atoms with Crippen LogP contribution in [0.1, 0.15) is 11.1 Å². The number of benzene rings is 3. The molecule has 0 aliphatic rings. The molecule has 3 aromatic carbocycles. The molecule has 0 saturated heterocycles. The third-order valence-corrected chi connectivity index (χ3v) is 6.21. The molecule has 0 spiro atoms. The Balaban J connectivity index is 2.18. The lowest BCUT2D eigenvalue weighted by molar-refractivity contribution is -0.387. The molecule has 8 heteroatoms. The minimum Gasteiger partial charge on any atom is -0.497 e. The van der Waals surface area contributed by atoms with Crippen LogP contribution in [0.3, 0.4) is 0 Å². The molecule has 3 aromatic rings. The van der Waals surface area contributed by atoms with Gasteiger partial charge in [0.15, 0.2) is 4.90 Å². The van der Waals surface area contributed by atoms with Crippen molar-refractivity contribution < 1.29 is 18.1 Å². The number of nitrogens with zero attached hydrogens (tertiary/aromatic N) is 2. The molecule has 0 fully saturated rings. The Kier molecular flexibility index (Phi) is 5.84. The Morgan fingerprint density at radius 3 is 2.34 bits per heavy atom. The van der Waals surface area contributed by atoms with Gasteiger partial charge in [0, 0.05) is 0 Å². The maximum Gasteiger partial charge on any atom is 0.293 e. The molecule has 0 N–H and O–H groups in total. The zero-order chi connectivity index (χ0) is 21.0. The van der Waals surface area contributed by atoms with Crippen molar-refractivity contribution in [2.45, 2.75) is 18.4 Å². The topological polar surface area (TPSA) is 89.8 Å². The molecule has 7 nitrogen and oxygen atoms in total. The summed E-state index contributed by atoms with van der Waals surface area (Å²) in [4.78, 5) is 10.5. The van der Waals surface area contributed by atoms with E-state index in [4.69, 9.17) is 4.74 Å². The number of nitro benzene ring substituents is 1. The molecule has 0 bridgehead atoms. The Morgan fingerprint density at radius 2 is 1.72 bits per heavy atom. The first kappa shape index (κ1) is 20.3. The molecule has 0 amide bonds. The molecule has 0 saturated carbocycles. The van der Waals surface area contributed by atoms with E-state index in [-0.39, 0.29) is 17.2 Å². The maximum atomic E-state index is 13.6. The number of anilines is 1. The van der Waals surface area contributed by atoms with Crippen molar-refractivity contribution in [3.05, 3.63) is 94.0 Å². The number of nitro groups is 1. The number of ether oxygens (including phenoxy) is 1. The Bertz CT molecular complexity index is 1130. The molecule has 29 heavy (non-hydrogen) atoms.